The van der Waals surface area contributed by atoms with Gasteiger partial charge in [-0.25, -0.2) is 4.98 Å². The Hall–Kier alpha value is -1.00. The molecule has 1 aromatic heterocycles. The smallest absolute Gasteiger partial charge is 0.436 e. The number of rotatable bonds is 3. The summed E-state index contributed by atoms with van der Waals surface area (Å²) in [5.41, 5.74) is -0.830. The molecule has 1 aromatic rings. The molecule has 1 atom stereocenters. The lowest BCUT2D eigenvalue weighted by atomic mass is 10.0. The van der Waals surface area contributed by atoms with Crippen LogP contribution in [0.4, 0.5) is 13.2 Å². The van der Waals surface area contributed by atoms with Crippen LogP contribution >= 0.6 is 0 Å². The minimum atomic E-state index is -4.41. The Kier molecular flexibility index (Phi) is 2.72. The zero-order valence-electron chi connectivity index (χ0n) is 9.27. The summed E-state index contributed by atoms with van der Waals surface area (Å²) in [5.74, 6) is 0.134. The maximum Gasteiger partial charge on any atom is 0.436 e. The largest absolute Gasteiger partial charge is 0.444 e. The van der Waals surface area contributed by atoms with Gasteiger partial charge in [-0.15, -0.1) is 0 Å². The lowest BCUT2D eigenvalue weighted by Crippen LogP contribution is -2.10. The molecule has 1 aliphatic carbocycles. The number of oxazole rings is 1. The van der Waals surface area contributed by atoms with Crippen LogP contribution in [0, 0.1) is 0 Å². The number of hydrogen-bond acceptors (Lipinski definition) is 2. The van der Waals surface area contributed by atoms with Crippen LogP contribution in [-0.4, -0.2) is 4.98 Å². The van der Waals surface area contributed by atoms with Crippen molar-refractivity contribution in [3.05, 3.63) is 17.3 Å². The average molecular weight is 233 g/mol. The normalized spacial score (nSPS) is 18.8. The van der Waals surface area contributed by atoms with Crippen LogP contribution in [0.1, 0.15) is 62.3 Å². The van der Waals surface area contributed by atoms with E-state index < -0.39 is 11.9 Å². The molecule has 0 spiro atoms. The highest BCUT2D eigenvalue weighted by Gasteiger charge is 2.42. The predicted octanol–water partition coefficient (Wildman–Crippen LogP) is 4.08. The minimum absolute atomic E-state index is 0.00287. The van der Waals surface area contributed by atoms with Gasteiger partial charge in [-0.2, -0.15) is 13.2 Å². The van der Waals surface area contributed by atoms with Gasteiger partial charge in [-0.1, -0.05) is 13.8 Å². The number of nitrogens with zero attached hydrogens (tertiary/aromatic N) is 1. The fourth-order valence-corrected chi connectivity index (χ4v) is 1.58. The van der Waals surface area contributed by atoms with E-state index in [1.807, 2.05) is 6.92 Å². The van der Waals surface area contributed by atoms with E-state index in [4.69, 9.17) is 4.42 Å². The molecule has 2 nitrogen and oxygen atoms in total. The number of alkyl halides is 3. The molecule has 1 saturated carbocycles. The first-order valence-electron chi connectivity index (χ1n) is 5.51. The van der Waals surface area contributed by atoms with Crippen molar-refractivity contribution in [1.82, 2.24) is 4.98 Å². The molecule has 0 N–H and O–H groups in total. The second kappa shape index (κ2) is 3.79. The molecule has 0 bridgehead atoms. The minimum Gasteiger partial charge on any atom is -0.444 e. The van der Waals surface area contributed by atoms with Crippen LogP contribution in [0.25, 0.3) is 0 Å². The van der Waals surface area contributed by atoms with Gasteiger partial charge in [0.15, 0.2) is 11.6 Å². The Morgan fingerprint density at radius 3 is 2.50 bits per heavy atom. The van der Waals surface area contributed by atoms with Gasteiger partial charge in [-0.3, -0.25) is 0 Å². The van der Waals surface area contributed by atoms with Gasteiger partial charge in [0.25, 0.3) is 0 Å². The summed E-state index contributed by atoms with van der Waals surface area (Å²) in [6.45, 7) is 3.57. The van der Waals surface area contributed by atoms with Crippen molar-refractivity contribution in [3.8, 4) is 0 Å². The Balaban J connectivity index is 2.39. The molecule has 90 valence electrons. The summed E-state index contributed by atoms with van der Waals surface area (Å²) in [5, 5.41) is 0. The van der Waals surface area contributed by atoms with E-state index in [1.54, 1.807) is 6.92 Å². The van der Waals surface area contributed by atoms with Gasteiger partial charge in [0, 0.05) is 11.8 Å². The Labute approximate surface area is 91.9 Å². The molecule has 1 heterocycles. The zero-order valence-corrected chi connectivity index (χ0v) is 9.27. The third-order valence-electron chi connectivity index (χ3n) is 2.92. The Bertz CT molecular complexity index is 379. The quantitative estimate of drug-likeness (QED) is 0.786. The van der Waals surface area contributed by atoms with Crippen molar-refractivity contribution in [3.63, 3.8) is 0 Å². The van der Waals surface area contributed by atoms with Crippen LogP contribution in [0.2, 0.25) is 0 Å². The second-order valence-electron chi connectivity index (χ2n) is 4.35. The molecule has 1 fully saturated rings. The van der Waals surface area contributed by atoms with E-state index in [9.17, 15) is 13.2 Å². The van der Waals surface area contributed by atoms with Gasteiger partial charge >= 0.3 is 6.18 Å². The van der Waals surface area contributed by atoms with E-state index in [2.05, 4.69) is 4.98 Å². The molecular weight excluding hydrogens is 219 g/mol. The van der Waals surface area contributed by atoms with E-state index in [0.717, 1.165) is 12.8 Å². The number of halogens is 3. The van der Waals surface area contributed by atoms with Gasteiger partial charge in [0.2, 0.25) is 0 Å². The first kappa shape index (κ1) is 11.5. The molecule has 0 aromatic carbocycles. The van der Waals surface area contributed by atoms with Gasteiger partial charge in [0.05, 0.1) is 0 Å². The summed E-state index contributed by atoms with van der Waals surface area (Å²) in [7, 11) is 0. The maximum absolute atomic E-state index is 12.7. The Morgan fingerprint density at radius 1 is 1.44 bits per heavy atom. The maximum atomic E-state index is 12.7. The van der Waals surface area contributed by atoms with E-state index in [1.165, 1.54) is 0 Å². The topological polar surface area (TPSA) is 26.0 Å². The van der Waals surface area contributed by atoms with Crippen LogP contribution in [0.3, 0.4) is 0 Å². The van der Waals surface area contributed by atoms with Crippen molar-refractivity contribution in [1.29, 1.82) is 0 Å². The summed E-state index contributed by atoms with van der Waals surface area (Å²) in [4.78, 5) is 3.62. The molecule has 0 amide bonds. The standard InChI is InChI=1S/C11H14F3NO/c1-3-6(2)8-9(11(12,13)14)15-10(16-8)7-4-5-7/h6-7H,3-5H2,1-2H3. The molecule has 5 heteroatoms. The fraction of sp³-hybridized carbons (Fsp3) is 0.727. The summed E-state index contributed by atoms with van der Waals surface area (Å²) in [6, 6.07) is 0. The molecule has 0 saturated heterocycles. The van der Waals surface area contributed by atoms with Crippen LogP contribution < -0.4 is 0 Å². The first-order chi connectivity index (χ1) is 7.43. The van der Waals surface area contributed by atoms with Crippen LogP contribution in [0.5, 0.6) is 0 Å². The van der Waals surface area contributed by atoms with E-state index in [-0.39, 0.29) is 23.5 Å². The highest BCUT2D eigenvalue weighted by Crippen LogP contribution is 2.44. The monoisotopic (exact) mass is 233 g/mol. The van der Waals surface area contributed by atoms with E-state index >= 15 is 0 Å². The molecule has 2 rings (SSSR count). The summed E-state index contributed by atoms with van der Waals surface area (Å²) < 4.78 is 43.4. The number of aromatic nitrogens is 1. The first-order valence-corrected chi connectivity index (χ1v) is 5.51. The third kappa shape index (κ3) is 2.08. The zero-order chi connectivity index (χ0) is 11.9. The van der Waals surface area contributed by atoms with Gasteiger partial charge < -0.3 is 4.42 Å². The van der Waals surface area contributed by atoms with Crippen molar-refractivity contribution in [2.45, 2.75) is 51.1 Å². The lowest BCUT2D eigenvalue weighted by molar-refractivity contribution is -0.142. The summed E-state index contributed by atoms with van der Waals surface area (Å²) in [6.07, 6.45) is -2.02. The lowest BCUT2D eigenvalue weighted by Gasteiger charge is -2.08. The average Bonchev–Trinajstić information content (AvgIpc) is 2.94. The highest BCUT2D eigenvalue weighted by atomic mass is 19.4. The molecule has 1 unspecified atom stereocenters. The van der Waals surface area contributed by atoms with Crippen molar-refractivity contribution in [2.24, 2.45) is 0 Å². The van der Waals surface area contributed by atoms with Crippen LogP contribution in [0.15, 0.2) is 4.42 Å². The fourth-order valence-electron chi connectivity index (χ4n) is 1.58. The van der Waals surface area contributed by atoms with Gasteiger partial charge in [0.1, 0.15) is 5.76 Å². The number of hydrogen-bond donors (Lipinski definition) is 0. The molecular formula is C11H14F3NO. The molecule has 1 aliphatic rings. The Morgan fingerprint density at radius 2 is 2.06 bits per heavy atom. The summed E-state index contributed by atoms with van der Waals surface area (Å²) >= 11 is 0. The molecule has 16 heavy (non-hydrogen) atoms. The van der Waals surface area contributed by atoms with Crippen molar-refractivity contribution in [2.75, 3.05) is 0 Å². The highest BCUT2D eigenvalue weighted by molar-refractivity contribution is 5.20. The molecule has 0 radical (unpaired) electrons. The van der Waals surface area contributed by atoms with Crippen molar-refractivity contribution < 1.29 is 17.6 Å². The third-order valence-corrected chi connectivity index (χ3v) is 2.92. The second-order valence-corrected chi connectivity index (χ2v) is 4.35. The van der Waals surface area contributed by atoms with E-state index in [0.29, 0.717) is 6.42 Å². The SMILES string of the molecule is CCC(C)c1oc(C2CC2)nc1C(F)(F)F. The predicted molar refractivity (Wildman–Crippen MR) is 52.2 cm³/mol. The van der Waals surface area contributed by atoms with Gasteiger partial charge in [-0.05, 0) is 19.3 Å². The van der Waals surface area contributed by atoms with Crippen molar-refractivity contribution >= 4 is 0 Å². The molecule has 0 aliphatic heterocycles. The van der Waals surface area contributed by atoms with Crippen LogP contribution in [-0.2, 0) is 6.18 Å².